The predicted molar refractivity (Wildman–Crippen MR) is 107 cm³/mol. The fourth-order valence-corrected chi connectivity index (χ4v) is 3.31. The van der Waals surface area contributed by atoms with E-state index in [1.54, 1.807) is 4.57 Å². The van der Waals surface area contributed by atoms with Crippen LogP contribution in [-0.2, 0) is 4.74 Å². The minimum atomic E-state index is -0.557. The van der Waals surface area contributed by atoms with Crippen molar-refractivity contribution in [2.24, 2.45) is 0 Å². The van der Waals surface area contributed by atoms with Gasteiger partial charge in [0.05, 0.1) is 11.2 Å². The third-order valence-electron chi connectivity index (χ3n) is 4.35. The largest absolute Gasteiger partial charge is 0.443 e. The van der Waals surface area contributed by atoms with Crippen molar-refractivity contribution in [1.29, 1.82) is 0 Å². The zero-order valence-electron chi connectivity index (χ0n) is 15.2. The average Bonchev–Trinajstić information content (AvgIpc) is 2.99. The van der Waals surface area contributed by atoms with E-state index in [-0.39, 0.29) is 6.09 Å². The topological polar surface area (TPSA) is 31.2 Å². The van der Waals surface area contributed by atoms with E-state index in [9.17, 15) is 4.79 Å². The maximum absolute atomic E-state index is 13.0. The van der Waals surface area contributed by atoms with Crippen LogP contribution in [0, 0.1) is 0 Å². The Labute approximate surface area is 152 Å². The summed E-state index contributed by atoms with van der Waals surface area (Å²) >= 11 is 0. The van der Waals surface area contributed by atoms with E-state index in [1.165, 1.54) is 0 Å². The van der Waals surface area contributed by atoms with Gasteiger partial charge < -0.3 is 4.74 Å². The number of rotatable bonds is 1. The first-order valence-corrected chi connectivity index (χ1v) is 8.76. The number of para-hydroxylation sites is 1. The quantitative estimate of drug-likeness (QED) is 0.409. The second-order valence-corrected chi connectivity index (χ2v) is 7.43. The summed E-state index contributed by atoms with van der Waals surface area (Å²) < 4.78 is 7.37. The zero-order valence-corrected chi connectivity index (χ0v) is 15.2. The highest BCUT2D eigenvalue weighted by molar-refractivity contribution is 6.02. The van der Waals surface area contributed by atoms with Crippen molar-refractivity contribution < 1.29 is 9.53 Å². The van der Waals surface area contributed by atoms with Gasteiger partial charge in [-0.1, -0.05) is 60.7 Å². The Hall–Kier alpha value is -3.07. The molecular formula is C23H21NO2. The minimum Gasteiger partial charge on any atom is -0.443 e. The van der Waals surface area contributed by atoms with Crippen LogP contribution in [-0.4, -0.2) is 16.3 Å². The van der Waals surface area contributed by atoms with Crippen LogP contribution in [0.1, 0.15) is 20.8 Å². The van der Waals surface area contributed by atoms with Gasteiger partial charge in [-0.05, 0) is 43.7 Å². The Kier molecular flexibility index (Phi) is 3.80. The van der Waals surface area contributed by atoms with E-state index in [1.807, 2.05) is 63.2 Å². The van der Waals surface area contributed by atoms with Crippen molar-refractivity contribution >= 4 is 27.8 Å². The van der Waals surface area contributed by atoms with Gasteiger partial charge in [0.2, 0.25) is 0 Å². The van der Waals surface area contributed by atoms with E-state index in [0.717, 1.165) is 32.9 Å². The fraction of sp³-hybridized carbons (Fsp3) is 0.174. The molecule has 26 heavy (non-hydrogen) atoms. The molecule has 3 aromatic carbocycles. The van der Waals surface area contributed by atoms with Gasteiger partial charge >= 0.3 is 6.09 Å². The van der Waals surface area contributed by atoms with Gasteiger partial charge in [0, 0.05) is 10.9 Å². The molecule has 0 aliphatic carbocycles. The van der Waals surface area contributed by atoms with Crippen molar-refractivity contribution in [2.75, 3.05) is 0 Å². The summed E-state index contributed by atoms with van der Waals surface area (Å²) in [6, 6.07) is 24.3. The third-order valence-corrected chi connectivity index (χ3v) is 4.35. The Bertz CT molecular complexity index is 1110. The number of aromatic nitrogens is 1. The Morgan fingerprint density at radius 1 is 0.846 bits per heavy atom. The Morgan fingerprint density at radius 2 is 1.50 bits per heavy atom. The summed E-state index contributed by atoms with van der Waals surface area (Å²) in [5, 5.41) is 3.27. The van der Waals surface area contributed by atoms with Crippen LogP contribution in [0.3, 0.4) is 0 Å². The molecule has 0 aliphatic rings. The molecule has 1 aromatic heterocycles. The van der Waals surface area contributed by atoms with Gasteiger partial charge in [-0.25, -0.2) is 9.36 Å². The normalized spacial score (nSPS) is 11.8. The number of carbonyl (C=O) groups excluding carboxylic acids is 1. The molecule has 0 radical (unpaired) electrons. The number of nitrogens with zero attached hydrogens (tertiary/aromatic N) is 1. The highest BCUT2D eigenvalue weighted by atomic mass is 16.6. The molecule has 0 atom stereocenters. The Morgan fingerprint density at radius 3 is 2.27 bits per heavy atom. The van der Waals surface area contributed by atoms with Gasteiger partial charge in [-0.3, -0.25) is 0 Å². The van der Waals surface area contributed by atoms with Gasteiger partial charge in [0.1, 0.15) is 5.60 Å². The second kappa shape index (κ2) is 6.03. The first-order chi connectivity index (χ1) is 12.4. The first-order valence-electron chi connectivity index (χ1n) is 8.76. The van der Waals surface area contributed by atoms with Crippen LogP contribution in [0.2, 0.25) is 0 Å². The van der Waals surface area contributed by atoms with Crippen LogP contribution < -0.4 is 0 Å². The molecular weight excluding hydrogens is 322 g/mol. The second-order valence-electron chi connectivity index (χ2n) is 7.43. The first kappa shape index (κ1) is 16.4. The van der Waals surface area contributed by atoms with Crippen LogP contribution in [0.5, 0.6) is 0 Å². The molecule has 0 amide bonds. The third kappa shape index (κ3) is 2.86. The average molecular weight is 343 g/mol. The van der Waals surface area contributed by atoms with E-state index < -0.39 is 5.60 Å². The van der Waals surface area contributed by atoms with Crippen molar-refractivity contribution in [3.63, 3.8) is 0 Å². The number of carbonyl (C=O) groups is 1. The lowest BCUT2D eigenvalue weighted by atomic mass is 10.0. The molecule has 1 heterocycles. The number of benzene rings is 3. The van der Waals surface area contributed by atoms with Crippen molar-refractivity contribution in [2.45, 2.75) is 26.4 Å². The highest BCUT2D eigenvalue weighted by Crippen LogP contribution is 2.33. The maximum atomic E-state index is 13.0. The molecule has 0 saturated carbocycles. The van der Waals surface area contributed by atoms with Crippen molar-refractivity contribution in [3.05, 3.63) is 72.8 Å². The van der Waals surface area contributed by atoms with Crippen molar-refractivity contribution in [1.82, 2.24) is 4.57 Å². The van der Waals surface area contributed by atoms with Gasteiger partial charge in [-0.2, -0.15) is 0 Å². The summed E-state index contributed by atoms with van der Waals surface area (Å²) in [5.74, 6) is 0. The smallest absolute Gasteiger partial charge is 0.419 e. The van der Waals surface area contributed by atoms with E-state index in [4.69, 9.17) is 4.74 Å². The molecule has 0 aliphatic heterocycles. The maximum Gasteiger partial charge on any atom is 0.419 e. The molecule has 0 bridgehead atoms. The molecule has 0 fully saturated rings. The van der Waals surface area contributed by atoms with Crippen molar-refractivity contribution in [3.8, 4) is 11.3 Å². The molecule has 130 valence electrons. The van der Waals surface area contributed by atoms with E-state index >= 15 is 0 Å². The van der Waals surface area contributed by atoms with Crippen LogP contribution >= 0.6 is 0 Å². The lowest BCUT2D eigenvalue weighted by Gasteiger charge is -2.21. The standard InChI is InChI=1S/C23H21NO2/c1-23(2,3)26-22(25)24-20-14-7-5-10-17(20)15-21(24)19-13-8-11-16-9-4-6-12-18(16)19/h4-15H,1-3H3. The monoisotopic (exact) mass is 343 g/mol. The van der Waals surface area contributed by atoms with Crippen LogP contribution in [0.4, 0.5) is 4.79 Å². The molecule has 0 unspecified atom stereocenters. The molecule has 0 spiro atoms. The number of hydrogen-bond acceptors (Lipinski definition) is 2. The lowest BCUT2D eigenvalue weighted by Crippen LogP contribution is -2.27. The number of ether oxygens (including phenoxy) is 1. The summed E-state index contributed by atoms with van der Waals surface area (Å²) in [5.41, 5.74) is 2.16. The summed E-state index contributed by atoms with van der Waals surface area (Å²) in [4.78, 5) is 13.0. The van der Waals surface area contributed by atoms with E-state index in [2.05, 4.69) is 30.3 Å². The molecule has 3 nitrogen and oxygen atoms in total. The lowest BCUT2D eigenvalue weighted by molar-refractivity contribution is 0.0547. The Balaban J connectivity index is 2.00. The predicted octanol–water partition coefficient (Wildman–Crippen LogP) is 6.24. The number of hydrogen-bond donors (Lipinski definition) is 0. The van der Waals surface area contributed by atoms with Gasteiger partial charge in [0.25, 0.3) is 0 Å². The van der Waals surface area contributed by atoms with Gasteiger partial charge in [0.15, 0.2) is 0 Å². The SMILES string of the molecule is CC(C)(C)OC(=O)n1c(-c2cccc3ccccc23)cc2ccccc21. The van der Waals surface area contributed by atoms with Crippen LogP contribution in [0.15, 0.2) is 72.8 Å². The minimum absolute atomic E-state index is 0.360. The van der Waals surface area contributed by atoms with Crippen LogP contribution in [0.25, 0.3) is 32.9 Å². The van der Waals surface area contributed by atoms with Gasteiger partial charge in [-0.15, -0.1) is 0 Å². The molecule has 0 saturated heterocycles. The fourth-order valence-electron chi connectivity index (χ4n) is 3.31. The summed E-state index contributed by atoms with van der Waals surface area (Å²) in [7, 11) is 0. The zero-order chi connectivity index (χ0) is 18.3. The molecule has 0 N–H and O–H groups in total. The molecule has 4 aromatic rings. The van der Waals surface area contributed by atoms with E-state index in [0.29, 0.717) is 0 Å². The summed E-state index contributed by atoms with van der Waals surface area (Å²) in [6.45, 7) is 5.65. The molecule has 4 rings (SSSR count). The molecule has 3 heteroatoms. The highest BCUT2D eigenvalue weighted by Gasteiger charge is 2.23. The number of fused-ring (bicyclic) bond motifs is 2. The summed E-state index contributed by atoms with van der Waals surface area (Å²) in [6.07, 6.45) is -0.360.